The number of fused-ring (bicyclic) bond motifs is 1. The van der Waals surface area contributed by atoms with E-state index in [0.29, 0.717) is 42.0 Å². The van der Waals surface area contributed by atoms with Crippen molar-refractivity contribution in [1.29, 1.82) is 0 Å². The monoisotopic (exact) mass is 530 g/mol. The van der Waals surface area contributed by atoms with Crippen LogP contribution in [0.15, 0.2) is 47.4 Å². The molecule has 0 spiro atoms. The molecule has 1 atom stereocenters. The predicted molar refractivity (Wildman–Crippen MR) is 145 cm³/mol. The van der Waals surface area contributed by atoms with E-state index in [2.05, 4.69) is 11.8 Å². The normalized spacial score (nSPS) is 17.0. The van der Waals surface area contributed by atoms with Gasteiger partial charge in [0.15, 0.2) is 5.13 Å². The van der Waals surface area contributed by atoms with Gasteiger partial charge >= 0.3 is 0 Å². The molecule has 1 amide bonds. The average molecular weight is 531 g/mol. The van der Waals surface area contributed by atoms with Gasteiger partial charge in [0.2, 0.25) is 10.0 Å². The topological polar surface area (TPSA) is 83.0 Å². The van der Waals surface area contributed by atoms with Gasteiger partial charge in [0.25, 0.3) is 5.91 Å². The minimum atomic E-state index is -3.58. The number of hydrogen-bond donors (Lipinski definition) is 0. The Balaban J connectivity index is 1.60. The van der Waals surface area contributed by atoms with Crippen molar-refractivity contribution in [2.75, 3.05) is 52.3 Å². The van der Waals surface area contributed by atoms with E-state index < -0.39 is 10.0 Å². The summed E-state index contributed by atoms with van der Waals surface area (Å²) in [7, 11) is 2.03. The van der Waals surface area contributed by atoms with Crippen LogP contribution in [-0.4, -0.2) is 75.9 Å². The summed E-state index contributed by atoms with van der Waals surface area (Å²) in [6, 6.07) is 12.0. The van der Waals surface area contributed by atoms with Crippen LogP contribution in [0.3, 0.4) is 0 Å². The molecule has 0 bridgehead atoms. The fourth-order valence-electron chi connectivity index (χ4n) is 4.41. The Bertz CT molecular complexity index is 1310. The van der Waals surface area contributed by atoms with E-state index in [4.69, 9.17) is 9.72 Å². The summed E-state index contributed by atoms with van der Waals surface area (Å²) in [6.07, 6.45) is 2.69. The van der Waals surface area contributed by atoms with Gasteiger partial charge in [-0.1, -0.05) is 18.3 Å². The first kappa shape index (κ1) is 26.5. The Morgan fingerprint density at radius 3 is 2.58 bits per heavy atom. The van der Waals surface area contributed by atoms with Crippen LogP contribution >= 0.6 is 11.3 Å². The van der Waals surface area contributed by atoms with Crippen LogP contribution in [0.4, 0.5) is 5.13 Å². The molecule has 0 aliphatic carbocycles. The van der Waals surface area contributed by atoms with Crippen molar-refractivity contribution in [2.45, 2.75) is 31.1 Å². The van der Waals surface area contributed by atoms with Crippen LogP contribution in [0.1, 0.15) is 36.5 Å². The molecule has 1 aliphatic rings. The minimum Gasteiger partial charge on any atom is -0.497 e. The van der Waals surface area contributed by atoms with E-state index in [1.165, 1.54) is 11.3 Å². The summed E-state index contributed by atoms with van der Waals surface area (Å²) in [5, 5.41) is 0.612. The summed E-state index contributed by atoms with van der Waals surface area (Å²) >= 11 is 1.46. The Morgan fingerprint density at radius 2 is 1.92 bits per heavy atom. The second-order valence-electron chi connectivity index (χ2n) is 9.58. The lowest BCUT2D eigenvalue weighted by atomic mass is 10.0. The van der Waals surface area contributed by atoms with E-state index in [-0.39, 0.29) is 10.8 Å². The largest absolute Gasteiger partial charge is 0.497 e. The summed E-state index contributed by atoms with van der Waals surface area (Å²) in [6.45, 7) is 4.47. The molecule has 8 nitrogen and oxygen atoms in total. The zero-order chi connectivity index (χ0) is 25.9. The number of amides is 1. The van der Waals surface area contributed by atoms with Crippen molar-refractivity contribution in [1.82, 2.24) is 14.2 Å². The fourth-order valence-corrected chi connectivity index (χ4v) is 6.97. The van der Waals surface area contributed by atoms with Crippen molar-refractivity contribution in [3.63, 3.8) is 0 Å². The molecular weight excluding hydrogens is 496 g/mol. The predicted octanol–water partition coefficient (Wildman–Crippen LogP) is 4.32. The molecule has 0 saturated carbocycles. The van der Waals surface area contributed by atoms with Gasteiger partial charge in [-0.3, -0.25) is 9.69 Å². The molecule has 3 aromatic rings. The number of carbonyl (C=O) groups excluding carboxylic acids is 1. The molecule has 2 aromatic carbocycles. The van der Waals surface area contributed by atoms with Crippen LogP contribution in [0, 0.1) is 5.92 Å². The number of anilines is 1. The zero-order valence-electron chi connectivity index (χ0n) is 21.3. The lowest BCUT2D eigenvalue weighted by Crippen LogP contribution is -2.39. The molecule has 1 aromatic heterocycles. The second kappa shape index (κ2) is 11.2. The number of aromatic nitrogens is 1. The minimum absolute atomic E-state index is 0.199. The van der Waals surface area contributed by atoms with E-state index in [9.17, 15) is 13.2 Å². The Hall–Kier alpha value is -2.53. The molecule has 1 unspecified atom stereocenters. The van der Waals surface area contributed by atoms with Gasteiger partial charge in [-0.2, -0.15) is 4.31 Å². The fraction of sp³-hybridized carbons (Fsp3) is 0.462. The first-order chi connectivity index (χ1) is 17.2. The highest BCUT2D eigenvalue weighted by molar-refractivity contribution is 7.89. The molecule has 2 heterocycles. The van der Waals surface area contributed by atoms with Gasteiger partial charge in [-0.15, -0.1) is 0 Å². The molecule has 0 N–H and O–H groups in total. The summed E-state index contributed by atoms with van der Waals surface area (Å²) in [5.41, 5.74) is 1.21. The first-order valence-corrected chi connectivity index (χ1v) is 14.5. The van der Waals surface area contributed by atoms with Crippen molar-refractivity contribution in [3.8, 4) is 5.75 Å². The number of piperidine rings is 1. The number of ether oxygens (including phenoxy) is 1. The van der Waals surface area contributed by atoms with E-state index in [1.807, 2.05) is 32.3 Å². The first-order valence-electron chi connectivity index (χ1n) is 12.2. The smallest absolute Gasteiger partial charge is 0.260 e. The Labute approximate surface area is 217 Å². The van der Waals surface area contributed by atoms with Crippen LogP contribution < -0.4 is 9.64 Å². The third-order valence-electron chi connectivity index (χ3n) is 6.41. The van der Waals surface area contributed by atoms with Crippen LogP contribution in [0.2, 0.25) is 0 Å². The highest BCUT2D eigenvalue weighted by atomic mass is 32.2. The number of sulfonamides is 1. The second-order valence-corrected chi connectivity index (χ2v) is 12.5. The SMILES string of the molecule is COc1ccc2sc(N(CCCN(C)C)C(=O)c3ccc(S(=O)(=O)N4CCCC(C)C4)cc3)nc2c1. The third kappa shape index (κ3) is 5.88. The Kier molecular flexibility index (Phi) is 8.29. The van der Waals surface area contributed by atoms with E-state index >= 15 is 0 Å². The number of thiazole rings is 1. The van der Waals surface area contributed by atoms with Crippen LogP contribution in [-0.2, 0) is 10.0 Å². The highest BCUT2D eigenvalue weighted by Gasteiger charge is 2.29. The number of benzene rings is 2. The summed E-state index contributed by atoms with van der Waals surface area (Å²) in [5.74, 6) is 0.860. The maximum absolute atomic E-state index is 13.6. The molecule has 1 saturated heterocycles. The molecule has 0 radical (unpaired) electrons. The van der Waals surface area contributed by atoms with Gasteiger partial charge in [-0.25, -0.2) is 13.4 Å². The van der Waals surface area contributed by atoms with Gasteiger partial charge < -0.3 is 9.64 Å². The van der Waals surface area contributed by atoms with Gasteiger partial charge in [0.05, 0.1) is 22.2 Å². The van der Waals surface area contributed by atoms with Crippen molar-refractivity contribution in [2.24, 2.45) is 5.92 Å². The summed E-state index contributed by atoms with van der Waals surface area (Å²) in [4.78, 5) is 22.3. The number of rotatable bonds is 9. The van der Waals surface area contributed by atoms with Gasteiger partial charge in [0, 0.05) is 31.3 Å². The van der Waals surface area contributed by atoms with Gasteiger partial charge in [-0.05, 0) is 82.2 Å². The summed E-state index contributed by atoms with van der Waals surface area (Å²) < 4.78 is 34.1. The maximum atomic E-state index is 13.6. The van der Waals surface area contributed by atoms with E-state index in [0.717, 1.165) is 36.0 Å². The lowest BCUT2D eigenvalue weighted by Gasteiger charge is -2.30. The molecule has 1 aliphatic heterocycles. The Morgan fingerprint density at radius 1 is 1.17 bits per heavy atom. The third-order valence-corrected chi connectivity index (χ3v) is 9.34. The number of nitrogens with zero attached hydrogens (tertiary/aromatic N) is 4. The molecule has 4 rings (SSSR count). The number of hydrogen-bond acceptors (Lipinski definition) is 7. The molecule has 10 heteroatoms. The lowest BCUT2D eigenvalue weighted by molar-refractivity contribution is 0.0986. The zero-order valence-corrected chi connectivity index (χ0v) is 22.9. The maximum Gasteiger partial charge on any atom is 0.260 e. The average Bonchev–Trinajstić information content (AvgIpc) is 3.29. The number of methoxy groups -OCH3 is 1. The molecule has 36 heavy (non-hydrogen) atoms. The molecule has 194 valence electrons. The number of carbonyl (C=O) groups is 1. The van der Waals surface area contributed by atoms with E-state index in [1.54, 1.807) is 40.6 Å². The standard InChI is InChI=1S/C26H34N4O4S2/c1-19-7-5-15-29(18-19)36(32,33)22-11-8-20(9-12-22)25(31)30(16-6-14-28(2)3)26-27-23-17-21(34-4)10-13-24(23)35-26/h8-13,17,19H,5-7,14-16,18H2,1-4H3. The van der Waals surface area contributed by atoms with Crippen LogP contribution in [0.5, 0.6) is 5.75 Å². The highest BCUT2D eigenvalue weighted by Crippen LogP contribution is 2.32. The molecule has 1 fully saturated rings. The van der Waals surface area contributed by atoms with Crippen molar-refractivity contribution < 1.29 is 17.9 Å². The van der Waals surface area contributed by atoms with Crippen molar-refractivity contribution >= 4 is 42.6 Å². The van der Waals surface area contributed by atoms with Crippen LogP contribution in [0.25, 0.3) is 10.2 Å². The molecular formula is C26H34N4O4S2. The van der Waals surface area contributed by atoms with Crippen molar-refractivity contribution in [3.05, 3.63) is 48.0 Å². The van der Waals surface area contributed by atoms with Gasteiger partial charge in [0.1, 0.15) is 5.75 Å². The quantitative estimate of drug-likeness (QED) is 0.410.